The van der Waals surface area contributed by atoms with Crippen molar-refractivity contribution in [1.82, 2.24) is 9.47 Å². The molecule has 0 bridgehead atoms. The van der Waals surface area contributed by atoms with E-state index in [1.54, 1.807) is 19.1 Å². The summed E-state index contributed by atoms with van der Waals surface area (Å²) in [7, 11) is 3.27. The normalized spacial score (nSPS) is 16.0. The molecule has 0 aliphatic carbocycles. The molecule has 0 unspecified atom stereocenters. The van der Waals surface area contributed by atoms with E-state index >= 15 is 0 Å². The van der Waals surface area contributed by atoms with Crippen molar-refractivity contribution >= 4 is 34.6 Å². The number of carbonyl (C=O) groups excluding carboxylic acids is 1. The first-order chi connectivity index (χ1) is 17.0. The van der Waals surface area contributed by atoms with Gasteiger partial charge in [0.1, 0.15) is 5.75 Å². The molecule has 1 aliphatic heterocycles. The van der Waals surface area contributed by atoms with Crippen LogP contribution in [0, 0.1) is 13.8 Å². The smallest absolute Gasteiger partial charge is 0.266 e. The Labute approximate surface area is 211 Å². The quantitative estimate of drug-likeness (QED) is 0.369. The van der Waals surface area contributed by atoms with Gasteiger partial charge in [0, 0.05) is 24.2 Å². The highest BCUT2D eigenvalue weighted by Crippen LogP contribution is 2.35. The molecule has 0 spiro atoms. The van der Waals surface area contributed by atoms with E-state index in [1.807, 2.05) is 30.3 Å². The first kappa shape index (κ1) is 24.8. The summed E-state index contributed by atoms with van der Waals surface area (Å²) < 4.78 is 12.8. The van der Waals surface area contributed by atoms with Gasteiger partial charge in [-0.1, -0.05) is 25.1 Å². The fraction of sp³-hybridized carbons (Fsp3) is 0.286. The van der Waals surface area contributed by atoms with Crippen LogP contribution in [0.3, 0.4) is 0 Å². The Morgan fingerprint density at radius 3 is 2.49 bits per heavy atom. The fourth-order valence-corrected chi connectivity index (χ4v) is 5.23. The minimum atomic E-state index is -0.0573. The van der Waals surface area contributed by atoms with Gasteiger partial charge >= 0.3 is 0 Å². The Kier molecular flexibility index (Phi) is 7.78. The molecule has 1 saturated heterocycles. The topological polar surface area (TPSA) is 56.1 Å². The van der Waals surface area contributed by atoms with Gasteiger partial charge in [-0.3, -0.25) is 9.69 Å². The summed E-state index contributed by atoms with van der Waals surface area (Å²) in [6.07, 6.45) is 2.94. The summed E-state index contributed by atoms with van der Waals surface area (Å²) in [5.74, 6) is 0.707. The summed E-state index contributed by atoms with van der Waals surface area (Å²) >= 11 is 1.40. The molecule has 0 saturated carbocycles. The lowest BCUT2D eigenvalue weighted by Crippen LogP contribution is -2.32. The van der Waals surface area contributed by atoms with Crippen molar-refractivity contribution in [1.29, 1.82) is 0 Å². The van der Waals surface area contributed by atoms with E-state index in [4.69, 9.17) is 14.5 Å². The van der Waals surface area contributed by atoms with Gasteiger partial charge in [-0.05, 0) is 85.6 Å². The predicted molar refractivity (Wildman–Crippen MR) is 144 cm³/mol. The Bertz CT molecular complexity index is 1280. The molecule has 0 radical (unpaired) electrons. The van der Waals surface area contributed by atoms with E-state index in [1.165, 1.54) is 23.0 Å². The Balaban J connectivity index is 1.70. The molecule has 182 valence electrons. The van der Waals surface area contributed by atoms with E-state index < -0.39 is 0 Å². The van der Waals surface area contributed by atoms with Crippen LogP contribution in [0.2, 0.25) is 0 Å². The number of carbonyl (C=O) groups is 1. The third kappa shape index (κ3) is 5.21. The van der Waals surface area contributed by atoms with E-state index in [0.29, 0.717) is 23.2 Å². The summed E-state index contributed by atoms with van der Waals surface area (Å²) in [5.41, 5.74) is 6.51. The van der Waals surface area contributed by atoms with Gasteiger partial charge in [0.15, 0.2) is 5.17 Å². The summed E-state index contributed by atoms with van der Waals surface area (Å²) in [4.78, 5) is 20.5. The number of thioether (sulfide) groups is 1. The maximum Gasteiger partial charge on any atom is 0.266 e. The van der Waals surface area contributed by atoms with Crippen LogP contribution in [-0.2, 0) is 16.0 Å². The van der Waals surface area contributed by atoms with E-state index in [0.717, 1.165) is 34.8 Å². The van der Waals surface area contributed by atoms with Crippen molar-refractivity contribution in [3.8, 4) is 11.4 Å². The minimum absolute atomic E-state index is 0.0573. The second kappa shape index (κ2) is 11.0. The number of rotatable bonds is 8. The third-order valence-corrected chi connectivity index (χ3v) is 7.08. The molecule has 0 N–H and O–H groups in total. The standard InChI is InChI=1S/C28H31N3O3S/c1-6-21-9-7-8-10-25(21)31-19(2)17-22(20(31)3)18-26-27(32)30(15-16-33-4)28(35-26)29-23-11-13-24(34-5)14-12-23/h7-14,17-18H,6,15-16H2,1-5H3/b26-18-,29-28?. The third-order valence-electron chi connectivity index (χ3n) is 6.07. The number of para-hydroxylation sites is 1. The van der Waals surface area contributed by atoms with Crippen LogP contribution in [0.1, 0.15) is 29.4 Å². The average molecular weight is 490 g/mol. The zero-order valence-electron chi connectivity index (χ0n) is 20.9. The largest absolute Gasteiger partial charge is 0.497 e. The number of amides is 1. The zero-order chi connectivity index (χ0) is 24.9. The highest BCUT2D eigenvalue weighted by atomic mass is 32.2. The Morgan fingerprint density at radius 2 is 1.80 bits per heavy atom. The number of hydrogen-bond donors (Lipinski definition) is 0. The minimum Gasteiger partial charge on any atom is -0.497 e. The van der Waals surface area contributed by atoms with Gasteiger partial charge in [-0.25, -0.2) is 4.99 Å². The van der Waals surface area contributed by atoms with Crippen LogP contribution < -0.4 is 4.74 Å². The number of ether oxygens (including phenoxy) is 2. The van der Waals surface area contributed by atoms with Crippen LogP contribution in [0.15, 0.2) is 64.5 Å². The average Bonchev–Trinajstić information content (AvgIpc) is 3.32. The van der Waals surface area contributed by atoms with Gasteiger partial charge < -0.3 is 14.0 Å². The lowest BCUT2D eigenvalue weighted by Gasteiger charge is -2.14. The molecule has 1 amide bonds. The number of amidine groups is 1. The number of hydrogen-bond acceptors (Lipinski definition) is 5. The lowest BCUT2D eigenvalue weighted by molar-refractivity contribution is -0.122. The zero-order valence-corrected chi connectivity index (χ0v) is 21.7. The molecular weight excluding hydrogens is 458 g/mol. The van der Waals surface area contributed by atoms with E-state index in [-0.39, 0.29) is 5.91 Å². The molecule has 2 aromatic carbocycles. The maximum atomic E-state index is 13.4. The molecule has 7 heteroatoms. The van der Waals surface area contributed by atoms with Crippen molar-refractivity contribution in [3.05, 3.63) is 82.0 Å². The van der Waals surface area contributed by atoms with E-state index in [2.05, 4.69) is 55.7 Å². The van der Waals surface area contributed by atoms with Crippen molar-refractivity contribution < 1.29 is 14.3 Å². The second-order valence-corrected chi connectivity index (χ2v) is 9.31. The lowest BCUT2D eigenvalue weighted by atomic mass is 10.1. The second-order valence-electron chi connectivity index (χ2n) is 8.30. The van der Waals surface area contributed by atoms with Gasteiger partial charge in [0.2, 0.25) is 0 Å². The van der Waals surface area contributed by atoms with Gasteiger partial charge in [-0.15, -0.1) is 0 Å². The van der Waals surface area contributed by atoms with Gasteiger partial charge in [0.25, 0.3) is 5.91 Å². The molecule has 0 atom stereocenters. The first-order valence-electron chi connectivity index (χ1n) is 11.7. The molecule has 4 rings (SSSR count). The summed E-state index contributed by atoms with van der Waals surface area (Å²) in [5, 5.41) is 0.647. The number of aliphatic imine (C=N–C) groups is 1. The van der Waals surface area contributed by atoms with Crippen molar-refractivity contribution in [2.45, 2.75) is 27.2 Å². The predicted octanol–water partition coefficient (Wildman–Crippen LogP) is 5.92. The monoisotopic (exact) mass is 489 g/mol. The number of aryl methyl sites for hydroxylation is 2. The number of aromatic nitrogens is 1. The number of methoxy groups -OCH3 is 2. The van der Waals surface area contributed by atoms with Crippen LogP contribution in [0.5, 0.6) is 5.75 Å². The van der Waals surface area contributed by atoms with E-state index in [9.17, 15) is 4.79 Å². The maximum absolute atomic E-state index is 13.4. The van der Waals surface area contributed by atoms with Crippen molar-refractivity contribution in [2.75, 3.05) is 27.4 Å². The number of nitrogens with zero attached hydrogens (tertiary/aromatic N) is 3. The van der Waals surface area contributed by atoms with Crippen LogP contribution in [0.4, 0.5) is 5.69 Å². The molecule has 1 aliphatic rings. The van der Waals surface area contributed by atoms with Crippen LogP contribution in [-0.4, -0.2) is 47.9 Å². The van der Waals surface area contributed by atoms with Gasteiger partial charge in [0.05, 0.1) is 30.9 Å². The number of benzene rings is 2. The Morgan fingerprint density at radius 1 is 1.06 bits per heavy atom. The van der Waals surface area contributed by atoms with Crippen molar-refractivity contribution in [3.63, 3.8) is 0 Å². The first-order valence-corrected chi connectivity index (χ1v) is 12.5. The Hall–Kier alpha value is -3.29. The fourth-order valence-electron chi connectivity index (χ4n) is 4.21. The van der Waals surface area contributed by atoms with Gasteiger partial charge in [-0.2, -0.15) is 0 Å². The molecule has 3 aromatic rings. The molecule has 6 nitrogen and oxygen atoms in total. The van der Waals surface area contributed by atoms with Crippen LogP contribution >= 0.6 is 11.8 Å². The molecule has 1 fully saturated rings. The van der Waals surface area contributed by atoms with Crippen LogP contribution in [0.25, 0.3) is 11.8 Å². The van der Waals surface area contributed by atoms with Crippen molar-refractivity contribution in [2.24, 2.45) is 4.99 Å². The molecule has 35 heavy (non-hydrogen) atoms. The SMILES string of the molecule is CCc1ccccc1-n1c(C)cc(/C=C2\SC(=Nc3ccc(OC)cc3)N(CCOC)C2=O)c1C. The summed E-state index contributed by atoms with van der Waals surface area (Å²) in [6, 6.07) is 18.1. The molecular formula is C28H31N3O3S. The summed E-state index contributed by atoms with van der Waals surface area (Å²) in [6.45, 7) is 7.25. The highest BCUT2D eigenvalue weighted by molar-refractivity contribution is 8.18. The highest BCUT2D eigenvalue weighted by Gasteiger charge is 2.33. The molecule has 1 aromatic heterocycles. The molecule has 2 heterocycles.